The molecule has 0 aliphatic carbocycles. The van der Waals surface area contributed by atoms with Crippen molar-refractivity contribution in [2.45, 2.75) is 32.2 Å². The van der Waals surface area contributed by atoms with Gasteiger partial charge in [-0.05, 0) is 26.2 Å². The Hall–Kier alpha value is -0.870. The Morgan fingerprint density at radius 2 is 2.38 bits per heavy atom. The zero-order chi connectivity index (χ0) is 11.5. The van der Waals surface area contributed by atoms with E-state index in [1.165, 1.54) is 0 Å². The SMILES string of the molecule is Cc1cnc(N2CCCCC2CO)nc1Cl. The molecule has 1 aliphatic heterocycles. The molecule has 4 nitrogen and oxygen atoms in total. The van der Waals surface area contributed by atoms with Crippen LogP contribution in [0.5, 0.6) is 0 Å². The third-order valence-corrected chi connectivity index (χ3v) is 3.37. The highest BCUT2D eigenvalue weighted by molar-refractivity contribution is 6.30. The summed E-state index contributed by atoms with van der Waals surface area (Å²) < 4.78 is 0. The largest absolute Gasteiger partial charge is 0.394 e. The van der Waals surface area contributed by atoms with Crippen LogP contribution in [-0.4, -0.2) is 34.3 Å². The number of piperidine rings is 1. The number of rotatable bonds is 2. The van der Waals surface area contributed by atoms with Gasteiger partial charge in [0.15, 0.2) is 0 Å². The van der Waals surface area contributed by atoms with Crippen molar-refractivity contribution in [2.24, 2.45) is 0 Å². The Kier molecular flexibility index (Phi) is 3.61. The van der Waals surface area contributed by atoms with Gasteiger partial charge in [-0.1, -0.05) is 11.6 Å². The Bertz CT molecular complexity index is 372. The molecule has 0 amide bonds. The molecule has 1 aromatic heterocycles. The molecule has 0 saturated carbocycles. The van der Waals surface area contributed by atoms with E-state index in [0.717, 1.165) is 31.4 Å². The van der Waals surface area contributed by atoms with Crippen LogP contribution in [-0.2, 0) is 0 Å². The normalized spacial score (nSPS) is 21.2. The highest BCUT2D eigenvalue weighted by atomic mass is 35.5. The number of halogens is 1. The molecule has 1 fully saturated rings. The van der Waals surface area contributed by atoms with Crippen molar-refractivity contribution >= 4 is 17.5 Å². The molecule has 1 atom stereocenters. The minimum absolute atomic E-state index is 0.132. The third-order valence-electron chi connectivity index (χ3n) is 2.99. The zero-order valence-electron chi connectivity index (χ0n) is 9.36. The number of anilines is 1. The summed E-state index contributed by atoms with van der Waals surface area (Å²) in [5.41, 5.74) is 0.878. The predicted molar refractivity (Wildman–Crippen MR) is 63.8 cm³/mol. The van der Waals surface area contributed by atoms with Gasteiger partial charge in [0.25, 0.3) is 0 Å². The second-order valence-corrected chi connectivity index (χ2v) is 4.53. The average Bonchev–Trinajstić information content (AvgIpc) is 2.32. The van der Waals surface area contributed by atoms with Crippen molar-refractivity contribution in [2.75, 3.05) is 18.1 Å². The number of aromatic nitrogens is 2. The molecular formula is C11H16ClN3O. The maximum absolute atomic E-state index is 9.32. The average molecular weight is 242 g/mol. The minimum Gasteiger partial charge on any atom is -0.394 e. The summed E-state index contributed by atoms with van der Waals surface area (Å²) in [5.74, 6) is 0.634. The lowest BCUT2D eigenvalue weighted by Gasteiger charge is -2.34. The molecule has 0 radical (unpaired) electrons. The number of aryl methyl sites for hydroxylation is 1. The third kappa shape index (κ3) is 2.28. The fourth-order valence-electron chi connectivity index (χ4n) is 2.00. The lowest BCUT2D eigenvalue weighted by Crippen LogP contribution is -2.42. The summed E-state index contributed by atoms with van der Waals surface area (Å²) in [6.07, 6.45) is 4.99. The molecule has 0 aromatic carbocycles. The van der Waals surface area contributed by atoms with E-state index in [1.807, 2.05) is 6.92 Å². The lowest BCUT2D eigenvalue weighted by atomic mass is 10.0. The molecule has 1 unspecified atom stereocenters. The molecule has 16 heavy (non-hydrogen) atoms. The van der Waals surface area contributed by atoms with Crippen LogP contribution in [0.4, 0.5) is 5.95 Å². The van der Waals surface area contributed by atoms with E-state index in [4.69, 9.17) is 11.6 Å². The molecule has 1 aromatic rings. The maximum atomic E-state index is 9.32. The van der Waals surface area contributed by atoms with Crippen LogP contribution >= 0.6 is 11.6 Å². The van der Waals surface area contributed by atoms with Crippen molar-refractivity contribution in [3.8, 4) is 0 Å². The van der Waals surface area contributed by atoms with E-state index in [-0.39, 0.29) is 12.6 Å². The van der Waals surface area contributed by atoms with Crippen molar-refractivity contribution < 1.29 is 5.11 Å². The molecule has 5 heteroatoms. The van der Waals surface area contributed by atoms with Crippen molar-refractivity contribution in [3.63, 3.8) is 0 Å². The predicted octanol–water partition coefficient (Wildman–Crippen LogP) is 1.79. The highest BCUT2D eigenvalue weighted by Crippen LogP contribution is 2.23. The summed E-state index contributed by atoms with van der Waals surface area (Å²) in [4.78, 5) is 10.6. The molecule has 1 saturated heterocycles. The van der Waals surface area contributed by atoms with Crippen LogP contribution in [0.1, 0.15) is 24.8 Å². The van der Waals surface area contributed by atoms with E-state index in [0.29, 0.717) is 11.1 Å². The first-order chi connectivity index (χ1) is 7.72. The Morgan fingerprint density at radius 1 is 1.56 bits per heavy atom. The second kappa shape index (κ2) is 4.97. The minimum atomic E-state index is 0.132. The fraction of sp³-hybridized carbons (Fsp3) is 0.636. The summed E-state index contributed by atoms with van der Waals surface area (Å²) in [5, 5.41) is 9.81. The van der Waals surface area contributed by atoms with Gasteiger partial charge in [-0.25, -0.2) is 9.97 Å². The van der Waals surface area contributed by atoms with Crippen molar-refractivity contribution in [1.29, 1.82) is 0 Å². The van der Waals surface area contributed by atoms with Gasteiger partial charge >= 0.3 is 0 Å². The van der Waals surface area contributed by atoms with Gasteiger partial charge in [0.2, 0.25) is 5.95 Å². The Morgan fingerprint density at radius 3 is 3.06 bits per heavy atom. The van der Waals surface area contributed by atoms with Crippen LogP contribution in [0.15, 0.2) is 6.20 Å². The van der Waals surface area contributed by atoms with Crippen LogP contribution in [0.2, 0.25) is 5.15 Å². The van der Waals surface area contributed by atoms with Crippen molar-refractivity contribution in [3.05, 3.63) is 16.9 Å². The van der Waals surface area contributed by atoms with E-state index in [1.54, 1.807) is 6.20 Å². The van der Waals surface area contributed by atoms with Crippen LogP contribution < -0.4 is 4.90 Å². The van der Waals surface area contributed by atoms with Gasteiger partial charge in [-0.3, -0.25) is 0 Å². The number of aliphatic hydroxyl groups is 1. The summed E-state index contributed by atoms with van der Waals surface area (Å²) in [7, 11) is 0. The van der Waals surface area contributed by atoms with E-state index in [9.17, 15) is 5.11 Å². The molecule has 2 heterocycles. The number of aliphatic hydroxyl groups excluding tert-OH is 1. The first-order valence-corrected chi connectivity index (χ1v) is 5.97. The zero-order valence-corrected chi connectivity index (χ0v) is 10.1. The number of hydrogen-bond donors (Lipinski definition) is 1. The highest BCUT2D eigenvalue weighted by Gasteiger charge is 2.24. The van der Waals surface area contributed by atoms with Gasteiger partial charge in [-0.2, -0.15) is 0 Å². The molecular weight excluding hydrogens is 226 g/mol. The summed E-state index contributed by atoms with van der Waals surface area (Å²) >= 11 is 5.98. The Labute approximate surface area is 100 Å². The van der Waals surface area contributed by atoms with Gasteiger partial charge in [0, 0.05) is 18.3 Å². The molecule has 88 valence electrons. The summed E-state index contributed by atoms with van der Waals surface area (Å²) in [6.45, 7) is 2.92. The Balaban J connectivity index is 2.23. The number of hydrogen-bond acceptors (Lipinski definition) is 4. The van der Waals surface area contributed by atoms with Crippen LogP contribution in [0.3, 0.4) is 0 Å². The monoisotopic (exact) mass is 241 g/mol. The van der Waals surface area contributed by atoms with E-state index in [2.05, 4.69) is 14.9 Å². The van der Waals surface area contributed by atoms with E-state index < -0.39 is 0 Å². The maximum Gasteiger partial charge on any atom is 0.227 e. The molecule has 2 rings (SSSR count). The smallest absolute Gasteiger partial charge is 0.227 e. The van der Waals surface area contributed by atoms with Crippen LogP contribution in [0, 0.1) is 6.92 Å². The van der Waals surface area contributed by atoms with Gasteiger partial charge in [0.1, 0.15) is 5.15 Å². The summed E-state index contributed by atoms with van der Waals surface area (Å²) in [6, 6.07) is 0.132. The molecule has 0 spiro atoms. The topological polar surface area (TPSA) is 49.2 Å². The second-order valence-electron chi connectivity index (χ2n) is 4.17. The van der Waals surface area contributed by atoms with Crippen LogP contribution in [0.25, 0.3) is 0 Å². The van der Waals surface area contributed by atoms with Gasteiger partial charge < -0.3 is 10.0 Å². The van der Waals surface area contributed by atoms with Crippen molar-refractivity contribution in [1.82, 2.24) is 9.97 Å². The number of nitrogens with zero attached hydrogens (tertiary/aromatic N) is 3. The lowest BCUT2D eigenvalue weighted by molar-refractivity contribution is 0.239. The van der Waals surface area contributed by atoms with Gasteiger partial charge in [0.05, 0.1) is 12.6 Å². The first kappa shape index (κ1) is 11.6. The quantitative estimate of drug-likeness (QED) is 0.802. The van der Waals surface area contributed by atoms with Gasteiger partial charge in [-0.15, -0.1) is 0 Å². The van der Waals surface area contributed by atoms with E-state index >= 15 is 0 Å². The standard InChI is InChI=1S/C11H16ClN3O/c1-8-6-13-11(14-10(8)12)15-5-3-2-4-9(15)7-16/h6,9,16H,2-5,7H2,1H3. The molecule has 1 aliphatic rings. The fourth-order valence-corrected chi connectivity index (χ4v) is 2.13. The first-order valence-electron chi connectivity index (χ1n) is 5.59. The molecule has 1 N–H and O–H groups in total. The molecule has 0 bridgehead atoms.